The number of hydrogen-bond donors (Lipinski definition) is 2. The van der Waals surface area contributed by atoms with Gasteiger partial charge in [0.25, 0.3) is 0 Å². The zero-order valence-electron chi connectivity index (χ0n) is 9.50. The molecule has 0 bridgehead atoms. The molecule has 0 aliphatic carbocycles. The van der Waals surface area contributed by atoms with Gasteiger partial charge >= 0.3 is 0 Å². The van der Waals surface area contributed by atoms with Crippen LogP contribution in [0.4, 0.5) is 0 Å². The molecule has 0 aromatic heterocycles. The second-order valence-electron chi connectivity index (χ2n) is 2.64. The van der Waals surface area contributed by atoms with Crippen molar-refractivity contribution in [2.24, 2.45) is 11.5 Å². The summed E-state index contributed by atoms with van der Waals surface area (Å²) in [5.41, 5.74) is 10.7. The molecular weight excluding hydrogens is 294 g/mol. The quantitative estimate of drug-likeness (QED) is 0.279. The van der Waals surface area contributed by atoms with E-state index in [0.29, 0.717) is 17.6 Å². The van der Waals surface area contributed by atoms with Crippen LogP contribution in [-0.2, 0) is 35.4 Å². The fourth-order valence-electron chi connectivity index (χ4n) is 0.735. The molecule has 0 atom stereocenters. The van der Waals surface area contributed by atoms with E-state index in [2.05, 4.69) is 27.4 Å². The molecule has 98 valence electrons. The maximum Gasteiger partial charge on any atom is 0.0668 e. The van der Waals surface area contributed by atoms with Gasteiger partial charge in [-0.2, -0.15) is 0 Å². The Morgan fingerprint density at radius 3 is 1.25 bits per heavy atom. The Morgan fingerprint density at radius 2 is 1.12 bits per heavy atom. The largest absolute Gasteiger partial charge is 0.545 e. The van der Waals surface area contributed by atoms with Crippen molar-refractivity contribution >= 4 is 20.4 Å². The molecule has 0 radical (unpaired) electrons. The Bertz CT molecular complexity index is 105. The number of carbonyl (C=O) groups excluding carboxylic acids is 3. The van der Waals surface area contributed by atoms with Crippen molar-refractivity contribution in [3.63, 3.8) is 0 Å². The van der Waals surface area contributed by atoms with Crippen molar-refractivity contribution in [1.82, 2.24) is 0 Å². The molecule has 16 heavy (non-hydrogen) atoms. The Hall–Kier alpha value is -0.422. The molecule has 0 aromatic carbocycles. The van der Waals surface area contributed by atoms with Gasteiger partial charge in [0.15, 0.2) is 0 Å². The maximum atomic E-state index is 7.75. The number of likely N-dealkylation sites (N-methyl/N-ethyl adjacent to an activating group) is 1. The average molecular weight is 314 g/mol. The van der Waals surface area contributed by atoms with E-state index in [-0.39, 0.29) is 21.1 Å². The molecule has 4 N–H and O–H groups in total. The Labute approximate surface area is 112 Å². The van der Waals surface area contributed by atoms with Crippen LogP contribution in [0.25, 0.3) is 0 Å². The van der Waals surface area contributed by atoms with Gasteiger partial charge in [-0.05, 0) is 0 Å². The Kier molecular flexibility index (Phi) is 54.2. The summed E-state index contributed by atoms with van der Waals surface area (Å²) >= 11 is 0. The topological polar surface area (TPSA) is 103 Å². The molecule has 0 spiro atoms. The van der Waals surface area contributed by atoms with E-state index in [0.717, 1.165) is 13.1 Å². The first-order chi connectivity index (χ1) is 7.12. The number of nitrogens with two attached hydrogens (primary N) is 2. The van der Waals surface area contributed by atoms with Crippen molar-refractivity contribution in [3.8, 4) is 0 Å². The fraction of sp³-hybridized carbons (Fsp3) is 0.556. The average Bonchev–Trinajstić information content (AvgIpc) is 2.26. The van der Waals surface area contributed by atoms with Crippen LogP contribution in [0, 0.1) is 7.05 Å². The minimum atomic E-state index is 0. The summed E-state index contributed by atoms with van der Waals surface area (Å²) in [6.45, 7) is 12.9. The van der Waals surface area contributed by atoms with E-state index in [1.54, 1.807) is 0 Å². The Morgan fingerprint density at radius 1 is 0.938 bits per heavy atom. The number of hydrogen-bond acceptors (Lipinski definition) is 5. The molecule has 0 aromatic rings. The van der Waals surface area contributed by atoms with Gasteiger partial charge < -0.3 is 30.3 Å². The van der Waals surface area contributed by atoms with E-state index in [1.165, 1.54) is 0 Å². The van der Waals surface area contributed by atoms with E-state index in [1.807, 2.05) is 7.05 Å². The third-order valence-electron chi connectivity index (χ3n) is 1.34. The number of nitrogens with zero attached hydrogens (tertiary/aromatic N) is 1. The summed E-state index contributed by atoms with van der Waals surface area (Å²) in [6, 6.07) is 0. The molecule has 0 heterocycles. The van der Waals surface area contributed by atoms with Gasteiger partial charge in [-0.25, -0.2) is 0 Å². The van der Waals surface area contributed by atoms with Gasteiger partial charge in [0.05, 0.1) is 13.1 Å². The van der Waals surface area contributed by atoms with Crippen LogP contribution >= 0.6 is 0 Å². The van der Waals surface area contributed by atoms with Crippen LogP contribution in [0.15, 0.2) is 0 Å². The molecule has 0 fully saturated rings. The third kappa shape index (κ3) is 37.4. The summed E-state index contributed by atoms with van der Waals surface area (Å²) in [5, 5.41) is 0. The fourth-order valence-corrected chi connectivity index (χ4v) is 0.735. The second kappa shape index (κ2) is 29.3. The first kappa shape index (κ1) is 29.6. The van der Waals surface area contributed by atoms with Gasteiger partial charge in [0.2, 0.25) is 0 Å². The number of quaternary nitrogens is 1. The van der Waals surface area contributed by atoms with Gasteiger partial charge in [-0.1, -0.05) is 0 Å². The van der Waals surface area contributed by atoms with Crippen molar-refractivity contribution in [1.29, 1.82) is 0 Å². The van der Waals surface area contributed by atoms with Crippen molar-refractivity contribution in [2.75, 3.05) is 33.2 Å². The van der Waals surface area contributed by atoms with Crippen LogP contribution in [0.3, 0.4) is 0 Å². The van der Waals surface area contributed by atoms with Crippen LogP contribution in [0.5, 0.6) is 0 Å². The number of rotatable bonds is 4. The normalized spacial score (nSPS) is 7.50. The minimum Gasteiger partial charge on any atom is -0.545 e. The summed E-state index contributed by atoms with van der Waals surface area (Å²) < 4.78 is 0.688. The molecular formula is C9H20MoN3O3-3. The molecule has 0 aliphatic rings. The third-order valence-corrected chi connectivity index (χ3v) is 1.34. The van der Waals surface area contributed by atoms with Crippen LogP contribution < -0.4 is 11.5 Å². The van der Waals surface area contributed by atoms with Crippen LogP contribution in [0.1, 0.15) is 0 Å². The Balaban J connectivity index is -0.0000000498. The molecule has 0 rings (SSSR count). The molecule has 0 aliphatic heterocycles. The summed E-state index contributed by atoms with van der Waals surface area (Å²) in [7, 11) is 5.95. The standard InChI is InChI=1S/C6H17N3.3CHO.Mo/c1-9(2,5-3-7)6-4-8;3*1-2;/h1,3-8H2,2H3;3*1H;/q;3*-1;. The predicted molar refractivity (Wildman–Crippen MR) is 59.6 cm³/mol. The molecule has 7 heteroatoms. The monoisotopic (exact) mass is 316 g/mol. The van der Waals surface area contributed by atoms with Crippen molar-refractivity contribution in [2.45, 2.75) is 0 Å². The van der Waals surface area contributed by atoms with E-state index in [9.17, 15) is 0 Å². The summed E-state index contributed by atoms with van der Waals surface area (Å²) in [6.07, 6.45) is 0. The molecule has 0 unspecified atom stereocenters. The van der Waals surface area contributed by atoms with Crippen LogP contribution in [-0.4, -0.2) is 58.1 Å². The molecule has 0 saturated carbocycles. The summed E-state index contributed by atoms with van der Waals surface area (Å²) in [4.78, 5) is 23.2. The zero-order valence-corrected chi connectivity index (χ0v) is 11.5. The molecule has 0 saturated heterocycles. The first-order valence-electron chi connectivity index (χ1n) is 3.92. The molecule has 6 nitrogen and oxygen atoms in total. The first-order valence-corrected chi connectivity index (χ1v) is 3.92. The van der Waals surface area contributed by atoms with Crippen LogP contribution in [0.2, 0.25) is 0 Å². The van der Waals surface area contributed by atoms with Gasteiger partial charge in [0, 0.05) is 41.2 Å². The van der Waals surface area contributed by atoms with Crippen molar-refractivity contribution < 1.29 is 39.9 Å². The smallest absolute Gasteiger partial charge is 0.0668 e. The van der Waals surface area contributed by atoms with Gasteiger partial charge in [-0.15, -0.1) is 7.05 Å². The summed E-state index contributed by atoms with van der Waals surface area (Å²) in [5.74, 6) is 0. The van der Waals surface area contributed by atoms with Gasteiger partial charge in [0.1, 0.15) is 0 Å². The van der Waals surface area contributed by atoms with E-state index in [4.69, 9.17) is 25.9 Å². The maximum absolute atomic E-state index is 7.75. The van der Waals surface area contributed by atoms with E-state index < -0.39 is 0 Å². The SMILES string of the molecule is [CH-]=O.[CH-]=O.[CH-]=O.[CH2-][N+](C)(CCN)CCN.[Mo]. The predicted octanol–water partition coefficient (Wildman–Crippen LogP) is -1.68. The van der Waals surface area contributed by atoms with E-state index >= 15 is 0 Å². The zero-order chi connectivity index (χ0) is 13.3. The second-order valence-corrected chi connectivity index (χ2v) is 2.64. The van der Waals surface area contributed by atoms with Crippen molar-refractivity contribution in [3.05, 3.63) is 7.05 Å². The van der Waals surface area contributed by atoms with Gasteiger partial charge in [-0.3, -0.25) is 20.4 Å². The minimum absolute atomic E-state index is 0. The molecule has 0 amide bonds.